The van der Waals surface area contributed by atoms with Crippen molar-refractivity contribution in [3.63, 3.8) is 0 Å². The highest BCUT2D eigenvalue weighted by molar-refractivity contribution is 5.64. The standard InChI is InChI=1S/C16H23N3O2/c1-4-5-6-9-16(2,3)12-18-14-10-13(11-17)7-8-15(14)19(20)21/h7-8,10,18H,4-6,9,12H2,1-3H3. The quantitative estimate of drug-likeness (QED) is 0.434. The fourth-order valence-corrected chi connectivity index (χ4v) is 2.18. The molecule has 0 heterocycles. The van der Waals surface area contributed by atoms with E-state index < -0.39 is 4.92 Å². The average Bonchev–Trinajstić information content (AvgIpc) is 2.45. The maximum atomic E-state index is 11.0. The lowest BCUT2D eigenvalue weighted by Crippen LogP contribution is -2.23. The van der Waals surface area contributed by atoms with Crippen molar-refractivity contribution in [2.45, 2.75) is 46.5 Å². The largest absolute Gasteiger partial charge is 0.379 e. The van der Waals surface area contributed by atoms with Crippen molar-refractivity contribution >= 4 is 11.4 Å². The molecule has 0 aliphatic rings. The fourth-order valence-electron chi connectivity index (χ4n) is 2.18. The summed E-state index contributed by atoms with van der Waals surface area (Å²) in [5.74, 6) is 0. The number of nitro benzene ring substituents is 1. The van der Waals surface area contributed by atoms with Gasteiger partial charge in [-0.1, -0.05) is 40.0 Å². The van der Waals surface area contributed by atoms with Crippen LogP contribution in [0.5, 0.6) is 0 Å². The van der Waals surface area contributed by atoms with E-state index in [0.29, 0.717) is 17.8 Å². The predicted molar refractivity (Wildman–Crippen MR) is 84.2 cm³/mol. The van der Waals surface area contributed by atoms with Gasteiger partial charge in [0.05, 0.1) is 16.6 Å². The van der Waals surface area contributed by atoms with Gasteiger partial charge in [-0.2, -0.15) is 5.26 Å². The van der Waals surface area contributed by atoms with Crippen LogP contribution >= 0.6 is 0 Å². The topological polar surface area (TPSA) is 79.0 Å². The molecule has 5 nitrogen and oxygen atoms in total. The van der Waals surface area contributed by atoms with Crippen molar-refractivity contribution in [2.24, 2.45) is 5.41 Å². The van der Waals surface area contributed by atoms with Crippen LogP contribution in [0, 0.1) is 26.9 Å². The molecule has 0 bridgehead atoms. The van der Waals surface area contributed by atoms with E-state index in [1.165, 1.54) is 25.0 Å². The monoisotopic (exact) mass is 289 g/mol. The first-order valence-electron chi connectivity index (χ1n) is 7.32. The number of hydrogen-bond acceptors (Lipinski definition) is 4. The van der Waals surface area contributed by atoms with Gasteiger partial charge in [0.25, 0.3) is 5.69 Å². The smallest absolute Gasteiger partial charge is 0.292 e. The highest BCUT2D eigenvalue weighted by Gasteiger charge is 2.20. The highest BCUT2D eigenvalue weighted by Crippen LogP contribution is 2.29. The van der Waals surface area contributed by atoms with Gasteiger partial charge in [-0.25, -0.2) is 0 Å². The van der Waals surface area contributed by atoms with E-state index in [2.05, 4.69) is 26.1 Å². The van der Waals surface area contributed by atoms with Gasteiger partial charge in [0.2, 0.25) is 0 Å². The molecule has 21 heavy (non-hydrogen) atoms. The van der Waals surface area contributed by atoms with E-state index in [1.807, 2.05) is 6.07 Å². The van der Waals surface area contributed by atoms with Gasteiger partial charge in [-0.15, -0.1) is 0 Å². The summed E-state index contributed by atoms with van der Waals surface area (Å²) in [6.07, 6.45) is 4.61. The Morgan fingerprint density at radius 2 is 2.10 bits per heavy atom. The van der Waals surface area contributed by atoms with Crippen molar-refractivity contribution in [3.8, 4) is 6.07 Å². The van der Waals surface area contributed by atoms with Crippen LogP contribution in [0.4, 0.5) is 11.4 Å². The first kappa shape index (κ1) is 17.0. The third kappa shape index (κ3) is 5.42. The van der Waals surface area contributed by atoms with Gasteiger partial charge >= 0.3 is 0 Å². The molecule has 0 radical (unpaired) electrons. The zero-order valence-corrected chi connectivity index (χ0v) is 13.0. The minimum Gasteiger partial charge on any atom is -0.379 e. The van der Waals surface area contributed by atoms with Crippen LogP contribution < -0.4 is 5.32 Å². The second-order valence-electron chi connectivity index (χ2n) is 6.08. The molecule has 0 spiro atoms. The Morgan fingerprint density at radius 3 is 2.67 bits per heavy atom. The van der Waals surface area contributed by atoms with Gasteiger partial charge in [0, 0.05) is 12.6 Å². The zero-order valence-electron chi connectivity index (χ0n) is 13.0. The lowest BCUT2D eigenvalue weighted by Gasteiger charge is -2.25. The van der Waals surface area contributed by atoms with Crippen molar-refractivity contribution in [2.75, 3.05) is 11.9 Å². The molecule has 5 heteroatoms. The van der Waals surface area contributed by atoms with Gasteiger partial charge < -0.3 is 5.32 Å². The van der Waals surface area contributed by atoms with Crippen LogP contribution in [-0.4, -0.2) is 11.5 Å². The van der Waals surface area contributed by atoms with Crippen LogP contribution in [0.1, 0.15) is 52.0 Å². The van der Waals surface area contributed by atoms with E-state index in [1.54, 1.807) is 6.07 Å². The van der Waals surface area contributed by atoms with E-state index in [-0.39, 0.29) is 11.1 Å². The summed E-state index contributed by atoms with van der Waals surface area (Å²) in [6, 6.07) is 6.40. The van der Waals surface area contributed by atoms with E-state index in [9.17, 15) is 10.1 Å². The molecule has 0 aliphatic carbocycles. The minimum absolute atomic E-state index is 0.0124. The summed E-state index contributed by atoms with van der Waals surface area (Å²) in [5, 5.41) is 23.1. The Hall–Kier alpha value is -2.09. The number of nitro groups is 1. The van der Waals surface area contributed by atoms with Gasteiger partial charge in [0.15, 0.2) is 0 Å². The average molecular weight is 289 g/mol. The summed E-state index contributed by atoms with van der Waals surface area (Å²) < 4.78 is 0. The van der Waals surface area contributed by atoms with Crippen molar-refractivity contribution in [1.29, 1.82) is 5.26 Å². The molecular weight excluding hydrogens is 266 g/mol. The Labute approximate surface area is 126 Å². The number of anilines is 1. The number of unbranched alkanes of at least 4 members (excludes halogenated alkanes) is 2. The normalized spacial score (nSPS) is 11.0. The molecule has 0 atom stereocenters. The first-order chi connectivity index (χ1) is 9.89. The molecule has 1 aromatic rings. The lowest BCUT2D eigenvalue weighted by molar-refractivity contribution is -0.384. The molecule has 0 saturated carbocycles. The van der Waals surface area contributed by atoms with Gasteiger partial charge in [-0.05, 0) is 24.0 Å². The van der Waals surface area contributed by atoms with E-state index >= 15 is 0 Å². The second kappa shape index (κ2) is 7.63. The Bertz CT molecular complexity index is 533. The fraction of sp³-hybridized carbons (Fsp3) is 0.562. The number of hydrogen-bond donors (Lipinski definition) is 1. The third-order valence-corrected chi connectivity index (χ3v) is 3.54. The number of rotatable bonds is 8. The van der Waals surface area contributed by atoms with Crippen molar-refractivity contribution in [3.05, 3.63) is 33.9 Å². The molecule has 0 amide bonds. The van der Waals surface area contributed by atoms with E-state index in [0.717, 1.165) is 12.8 Å². The Balaban J connectivity index is 2.77. The molecular formula is C16H23N3O2. The number of nitrogens with zero attached hydrogens (tertiary/aromatic N) is 2. The molecule has 1 N–H and O–H groups in total. The summed E-state index contributed by atoms with van der Waals surface area (Å²) in [4.78, 5) is 10.6. The molecule has 0 saturated heterocycles. The van der Waals surface area contributed by atoms with Crippen molar-refractivity contribution in [1.82, 2.24) is 0 Å². The minimum atomic E-state index is -0.423. The molecule has 114 valence electrons. The van der Waals surface area contributed by atoms with E-state index in [4.69, 9.17) is 5.26 Å². The summed E-state index contributed by atoms with van der Waals surface area (Å²) in [7, 11) is 0. The highest BCUT2D eigenvalue weighted by atomic mass is 16.6. The van der Waals surface area contributed by atoms with Crippen molar-refractivity contribution < 1.29 is 4.92 Å². The second-order valence-corrected chi connectivity index (χ2v) is 6.08. The van der Waals surface area contributed by atoms with Crippen LogP contribution in [0.15, 0.2) is 18.2 Å². The summed E-state index contributed by atoms with van der Waals surface area (Å²) in [6.45, 7) is 7.11. The maximum absolute atomic E-state index is 11.0. The number of benzene rings is 1. The van der Waals surface area contributed by atoms with Crippen LogP contribution in [0.25, 0.3) is 0 Å². The molecule has 1 aromatic carbocycles. The van der Waals surface area contributed by atoms with Crippen LogP contribution in [0.3, 0.4) is 0 Å². The SMILES string of the molecule is CCCCCC(C)(C)CNc1cc(C#N)ccc1[N+](=O)[O-]. The molecule has 0 aromatic heterocycles. The van der Waals surface area contributed by atoms with Gasteiger partial charge in [0.1, 0.15) is 5.69 Å². The number of nitrogens with one attached hydrogen (secondary N) is 1. The van der Waals surface area contributed by atoms with Crippen LogP contribution in [-0.2, 0) is 0 Å². The molecule has 0 aliphatic heterocycles. The lowest BCUT2D eigenvalue weighted by atomic mass is 9.87. The predicted octanol–water partition coefficient (Wildman–Crippen LogP) is 4.48. The molecule has 0 fully saturated rings. The summed E-state index contributed by atoms with van der Waals surface area (Å²) >= 11 is 0. The Morgan fingerprint density at radius 1 is 1.38 bits per heavy atom. The Kier molecular flexibility index (Phi) is 6.16. The molecule has 0 unspecified atom stereocenters. The summed E-state index contributed by atoms with van der Waals surface area (Å²) in [5.41, 5.74) is 0.916. The maximum Gasteiger partial charge on any atom is 0.292 e. The first-order valence-corrected chi connectivity index (χ1v) is 7.32. The van der Waals surface area contributed by atoms with Crippen LogP contribution in [0.2, 0.25) is 0 Å². The zero-order chi connectivity index (χ0) is 15.9. The number of nitriles is 1. The third-order valence-electron chi connectivity index (χ3n) is 3.54. The molecule has 1 rings (SSSR count). The van der Waals surface area contributed by atoms with Gasteiger partial charge in [-0.3, -0.25) is 10.1 Å².